The maximum Gasteiger partial charge on any atom is 0.191 e. The zero-order chi connectivity index (χ0) is 15.4. The van der Waals surface area contributed by atoms with Crippen LogP contribution in [0.15, 0.2) is 59.6 Å². The predicted octanol–water partition coefficient (Wildman–Crippen LogP) is 2.61. The van der Waals surface area contributed by atoms with Gasteiger partial charge in [0.05, 0.1) is 12.6 Å². The lowest BCUT2D eigenvalue weighted by Gasteiger charge is -2.26. The second kappa shape index (κ2) is 6.60. The molecule has 0 saturated heterocycles. The van der Waals surface area contributed by atoms with Gasteiger partial charge in [0, 0.05) is 6.54 Å². The summed E-state index contributed by atoms with van der Waals surface area (Å²) in [7, 11) is 0. The average molecular weight is 297 g/mol. The topological polar surface area (TPSA) is 41.6 Å². The van der Waals surface area contributed by atoms with Crippen LogP contribution in [0.25, 0.3) is 0 Å². The molecular formula is C18H20FN3. The monoisotopic (exact) mass is 297 g/mol. The highest BCUT2D eigenvalue weighted by Crippen LogP contribution is 2.15. The van der Waals surface area contributed by atoms with E-state index >= 15 is 0 Å². The number of nitrogens with zero attached hydrogens (tertiary/aromatic N) is 2. The van der Waals surface area contributed by atoms with Crippen LogP contribution in [0.5, 0.6) is 0 Å². The first-order valence-corrected chi connectivity index (χ1v) is 7.57. The molecule has 0 radical (unpaired) electrons. The third-order valence-electron chi connectivity index (χ3n) is 4.04. The summed E-state index contributed by atoms with van der Waals surface area (Å²) in [6.07, 6.45) is 1.69. The molecule has 0 aromatic heterocycles. The van der Waals surface area contributed by atoms with Gasteiger partial charge in [0.25, 0.3) is 0 Å². The lowest BCUT2D eigenvalue weighted by atomic mass is 10.0. The van der Waals surface area contributed by atoms with Crippen molar-refractivity contribution in [1.82, 2.24) is 4.90 Å². The van der Waals surface area contributed by atoms with E-state index < -0.39 is 0 Å². The Morgan fingerprint density at radius 2 is 1.86 bits per heavy atom. The number of hydrogen-bond donors (Lipinski definition) is 1. The first-order chi connectivity index (χ1) is 10.7. The highest BCUT2D eigenvalue weighted by molar-refractivity contribution is 5.80. The van der Waals surface area contributed by atoms with E-state index in [0.717, 1.165) is 31.5 Å². The number of aliphatic imine (C=N–C) groups is 1. The first kappa shape index (κ1) is 14.6. The molecule has 1 heterocycles. The number of rotatable bonds is 5. The Hall–Kier alpha value is -2.36. The largest absolute Gasteiger partial charge is 0.370 e. The van der Waals surface area contributed by atoms with Gasteiger partial charge >= 0.3 is 0 Å². The van der Waals surface area contributed by atoms with Gasteiger partial charge in [0.2, 0.25) is 0 Å². The summed E-state index contributed by atoms with van der Waals surface area (Å²) >= 11 is 0. The van der Waals surface area contributed by atoms with Crippen LogP contribution in [0.2, 0.25) is 0 Å². The summed E-state index contributed by atoms with van der Waals surface area (Å²) in [6, 6.07) is 17.4. The van der Waals surface area contributed by atoms with Crippen LogP contribution < -0.4 is 5.73 Å². The molecule has 0 spiro atoms. The van der Waals surface area contributed by atoms with Crippen molar-refractivity contribution in [2.75, 3.05) is 13.1 Å². The van der Waals surface area contributed by atoms with E-state index in [2.05, 4.69) is 22.0 Å². The lowest BCUT2D eigenvalue weighted by Crippen LogP contribution is -2.43. The molecule has 0 unspecified atom stereocenters. The minimum atomic E-state index is -0.193. The highest BCUT2D eigenvalue weighted by Gasteiger charge is 2.25. The van der Waals surface area contributed by atoms with E-state index in [0.29, 0.717) is 5.96 Å². The van der Waals surface area contributed by atoms with Crippen LogP contribution in [-0.4, -0.2) is 30.0 Å². The molecule has 0 amide bonds. The van der Waals surface area contributed by atoms with Gasteiger partial charge in [-0.05, 0) is 36.1 Å². The van der Waals surface area contributed by atoms with Crippen molar-refractivity contribution in [1.29, 1.82) is 0 Å². The minimum Gasteiger partial charge on any atom is -0.370 e. The normalized spacial score (nSPS) is 17.6. The third kappa shape index (κ3) is 3.45. The summed E-state index contributed by atoms with van der Waals surface area (Å²) in [4.78, 5) is 6.51. The van der Waals surface area contributed by atoms with Crippen LogP contribution in [0, 0.1) is 5.82 Å². The second-order valence-electron chi connectivity index (χ2n) is 5.62. The van der Waals surface area contributed by atoms with E-state index in [4.69, 9.17) is 5.73 Å². The standard InChI is InChI=1S/C18H20FN3/c19-16-8-4-7-15(11-16)9-10-22-17(13-21-18(22)20)12-14-5-2-1-3-6-14/h1-8,11,17H,9-10,12-13H2,(H2,20,21)/t17-/m0/s1. The Bertz CT molecular complexity index is 654. The number of nitrogens with two attached hydrogens (primary N) is 1. The zero-order valence-electron chi connectivity index (χ0n) is 12.5. The van der Waals surface area contributed by atoms with Gasteiger partial charge in [-0.15, -0.1) is 0 Å². The molecular weight excluding hydrogens is 277 g/mol. The van der Waals surface area contributed by atoms with Gasteiger partial charge in [0.1, 0.15) is 5.82 Å². The van der Waals surface area contributed by atoms with Crippen LogP contribution in [-0.2, 0) is 12.8 Å². The van der Waals surface area contributed by atoms with Gasteiger partial charge in [-0.3, -0.25) is 4.99 Å². The van der Waals surface area contributed by atoms with E-state index in [9.17, 15) is 4.39 Å². The van der Waals surface area contributed by atoms with Gasteiger partial charge in [-0.2, -0.15) is 0 Å². The Labute approximate surface area is 130 Å². The molecule has 2 aromatic carbocycles. The first-order valence-electron chi connectivity index (χ1n) is 7.57. The van der Waals surface area contributed by atoms with Gasteiger partial charge in [-0.25, -0.2) is 4.39 Å². The fourth-order valence-corrected chi connectivity index (χ4v) is 2.88. The SMILES string of the molecule is NC1=NC[C@H](Cc2ccccc2)N1CCc1cccc(F)c1. The molecule has 0 aliphatic carbocycles. The second-order valence-corrected chi connectivity index (χ2v) is 5.62. The van der Waals surface area contributed by atoms with Crippen LogP contribution in [0.3, 0.4) is 0 Å². The van der Waals surface area contributed by atoms with E-state index in [1.807, 2.05) is 24.3 Å². The molecule has 22 heavy (non-hydrogen) atoms. The summed E-state index contributed by atoms with van der Waals surface area (Å²) in [5, 5.41) is 0. The van der Waals surface area contributed by atoms with Crippen LogP contribution >= 0.6 is 0 Å². The molecule has 3 rings (SSSR count). The molecule has 2 N–H and O–H groups in total. The lowest BCUT2D eigenvalue weighted by molar-refractivity contribution is 0.341. The fraction of sp³-hybridized carbons (Fsp3) is 0.278. The summed E-state index contributed by atoms with van der Waals surface area (Å²) in [6.45, 7) is 1.49. The molecule has 4 heteroatoms. The van der Waals surface area contributed by atoms with E-state index in [1.165, 1.54) is 11.6 Å². The number of benzene rings is 2. The van der Waals surface area contributed by atoms with Crippen LogP contribution in [0.1, 0.15) is 11.1 Å². The Morgan fingerprint density at radius 1 is 1.09 bits per heavy atom. The number of hydrogen-bond acceptors (Lipinski definition) is 3. The summed E-state index contributed by atoms with van der Waals surface area (Å²) < 4.78 is 13.2. The molecule has 1 aliphatic rings. The van der Waals surface area contributed by atoms with Crippen molar-refractivity contribution in [2.24, 2.45) is 10.7 Å². The molecule has 3 nitrogen and oxygen atoms in total. The van der Waals surface area contributed by atoms with Gasteiger partial charge in [-0.1, -0.05) is 42.5 Å². The van der Waals surface area contributed by atoms with Gasteiger partial charge < -0.3 is 10.6 Å². The molecule has 2 aromatic rings. The molecule has 114 valence electrons. The van der Waals surface area contributed by atoms with Crippen molar-refractivity contribution in [3.05, 3.63) is 71.5 Å². The maximum absolute atomic E-state index is 13.2. The fourth-order valence-electron chi connectivity index (χ4n) is 2.88. The van der Waals surface area contributed by atoms with Crippen molar-refractivity contribution in [2.45, 2.75) is 18.9 Å². The van der Waals surface area contributed by atoms with Crippen molar-refractivity contribution in [3.63, 3.8) is 0 Å². The molecule has 1 aliphatic heterocycles. The Kier molecular flexibility index (Phi) is 4.37. The molecule has 0 saturated carbocycles. The summed E-state index contributed by atoms with van der Waals surface area (Å²) in [5.41, 5.74) is 8.29. The smallest absolute Gasteiger partial charge is 0.191 e. The summed E-state index contributed by atoms with van der Waals surface area (Å²) in [5.74, 6) is 0.402. The number of halogens is 1. The van der Waals surface area contributed by atoms with Crippen LogP contribution in [0.4, 0.5) is 4.39 Å². The zero-order valence-corrected chi connectivity index (χ0v) is 12.5. The molecule has 0 bridgehead atoms. The van der Waals surface area contributed by atoms with Crippen molar-refractivity contribution in [3.8, 4) is 0 Å². The van der Waals surface area contributed by atoms with E-state index in [-0.39, 0.29) is 11.9 Å². The highest BCUT2D eigenvalue weighted by atomic mass is 19.1. The van der Waals surface area contributed by atoms with Crippen molar-refractivity contribution >= 4 is 5.96 Å². The van der Waals surface area contributed by atoms with E-state index in [1.54, 1.807) is 12.1 Å². The molecule has 0 fully saturated rings. The van der Waals surface area contributed by atoms with Gasteiger partial charge in [0.15, 0.2) is 5.96 Å². The number of guanidine groups is 1. The maximum atomic E-state index is 13.2. The third-order valence-corrected chi connectivity index (χ3v) is 4.04. The minimum absolute atomic E-state index is 0.193. The average Bonchev–Trinajstić information content (AvgIpc) is 2.87. The Morgan fingerprint density at radius 3 is 2.64 bits per heavy atom. The molecule has 1 atom stereocenters. The quantitative estimate of drug-likeness (QED) is 0.921. The Balaban J connectivity index is 1.63. The van der Waals surface area contributed by atoms with Crippen molar-refractivity contribution < 1.29 is 4.39 Å². The predicted molar refractivity (Wildman–Crippen MR) is 87.2 cm³/mol.